The quantitative estimate of drug-likeness (QED) is 0.729. The number of piperidine rings is 1. The number of hydrogen-bond donors (Lipinski definition) is 1. The number of nitrogens with zero attached hydrogens (tertiary/aromatic N) is 1. The van der Waals surface area contributed by atoms with E-state index in [0.29, 0.717) is 12.6 Å². The van der Waals surface area contributed by atoms with Crippen LogP contribution < -0.4 is 5.32 Å². The summed E-state index contributed by atoms with van der Waals surface area (Å²) in [4.78, 5) is 13.6. The zero-order chi connectivity index (χ0) is 11.1. The Morgan fingerprint density at radius 2 is 2.33 bits per heavy atom. The first kappa shape index (κ1) is 12.5. The van der Waals surface area contributed by atoms with Gasteiger partial charge in [-0.15, -0.1) is 0 Å². The highest BCUT2D eigenvalue weighted by Gasteiger charge is 2.18. The average molecular weight is 214 g/mol. The zero-order valence-electron chi connectivity index (χ0n) is 9.79. The Bertz CT molecular complexity index is 197. The molecule has 1 unspecified atom stereocenters. The van der Waals surface area contributed by atoms with Gasteiger partial charge in [-0.05, 0) is 33.4 Å². The molecule has 0 aliphatic carbocycles. The lowest BCUT2D eigenvalue weighted by Gasteiger charge is -2.32. The van der Waals surface area contributed by atoms with Crippen LogP contribution in [-0.2, 0) is 9.53 Å². The second-order valence-electron chi connectivity index (χ2n) is 4.07. The Kier molecular flexibility index (Phi) is 5.65. The first-order valence-electron chi connectivity index (χ1n) is 5.78. The molecule has 0 bridgehead atoms. The van der Waals surface area contributed by atoms with Crippen molar-refractivity contribution in [3.8, 4) is 0 Å². The van der Waals surface area contributed by atoms with Crippen molar-refractivity contribution in [3.05, 3.63) is 0 Å². The third kappa shape index (κ3) is 4.62. The molecule has 1 N–H and O–H groups in total. The van der Waals surface area contributed by atoms with Gasteiger partial charge in [0.05, 0.1) is 0 Å². The molecule has 1 fully saturated rings. The first-order valence-corrected chi connectivity index (χ1v) is 5.78. The molecule has 88 valence electrons. The maximum absolute atomic E-state index is 11.3. The van der Waals surface area contributed by atoms with E-state index < -0.39 is 0 Å². The van der Waals surface area contributed by atoms with Crippen LogP contribution in [0.4, 0.5) is 0 Å². The Labute approximate surface area is 92.0 Å². The highest BCUT2D eigenvalue weighted by atomic mass is 16.5. The van der Waals surface area contributed by atoms with Crippen molar-refractivity contribution in [2.45, 2.75) is 32.2 Å². The molecule has 1 amide bonds. The molecule has 0 aromatic rings. The van der Waals surface area contributed by atoms with Crippen molar-refractivity contribution in [1.82, 2.24) is 10.2 Å². The number of carbonyl (C=O) groups is 1. The predicted molar refractivity (Wildman–Crippen MR) is 59.8 cm³/mol. The Balaban J connectivity index is 2.14. The molecule has 1 rings (SSSR count). The SMILES string of the molecule is CCOCC(=O)NCC1CCCCN1C. The lowest BCUT2D eigenvalue weighted by molar-refractivity contribution is -0.125. The van der Waals surface area contributed by atoms with Crippen molar-refractivity contribution in [2.75, 3.05) is 33.4 Å². The topological polar surface area (TPSA) is 41.6 Å². The van der Waals surface area contributed by atoms with Gasteiger partial charge in [-0.25, -0.2) is 0 Å². The summed E-state index contributed by atoms with van der Waals surface area (Å²) in [5.74, 6) is -0.00387. The molecule has 0 aromatic heterocycles. The van der Waals surface area contributed by atoms with Crippen LogP contribution in [0.25, 0.3) is 0 Å². The summed E-state index contributed by atoms with van der Waals surface area (Å²) in [5.41, 5.74) is 0. The van der Waals surface area contributed by atoms with E-state index in [4.69, 9.17) is 4.74 Å². The fourth-order valence-corrected chi connectivity index (χ4v) is 1.88. The van der Waals surface area contributed by atoms with Gasteiger partial charge in [-0.2, -0.15) is 0 Å². The van der Waals surface area contributed by atoms with E-state index in [9.17, 15) is 4.79 Å². The standard InChI is InChI=1S/C11H22N2O2/c1-3-15-9-11(14)12-8-10-6-4-5-7-13(10)2/h10H,3-9H2,1-2H3,(H,12,14). The van der Waals surface area contributed by atoms with Crippen molar-refractivity contribution >= 4 is 5.91 Å². The molecule has 0 saturated carbocycles. The van der Waals surface area contributed by atoms with Gasteiger partial charge in [0.15, 0.2) is 0 Å². The Morgan fingerprint density at radius 1 is 1.53 bits per heavy atom. The summed E-state index contributed by atoms with van der Waals surface area (Å²) in [6, 6.07) is 0.504. The van der Waals surface area contributed by atoms with Gasteiger partial charge < -0.3 is 15.0 Å². The number of rotatable bonds is 5. The Hall–Kier alpha value is -0.610. The molecule has 15 heavy (non-hydrogen) atoms. The maximum atomic E-state index is 11.3. The lowest BCUT2D eigenvalue weighted by atomic mass is 10.0. The summed E-state index contributed by atoms with van der Waals surface area (Å²) >= 11 is 0. The minimum atomic E-state index is -0.00387. The van der Waals surface area contributed by atoms with Gasteiger partial charge >= 0.3 is 0 Å². The van der Waals surface area contributed by atoms with Crippen molar-refractivity contribution in [2.24, 2.45) is 0 Å². The summed E-state index contributed by atoms with van der Waals surface area (Å²) in [7, 11) is 2.12. The maximum Gasteiger partial charge on any atom is 0.246 e. The van der Waals surface area contributed by atoms with Crippen LogP contribution in [0.3, 0.4) is 0 Å². The molecular formula is C11H22N2O2. The van der Waals surface area contributed by atoms with E-state index in [2.05, 4.69) is 17.3 Å². The normalized spacial score (nSPS) is 22.7. The molecule has 1 heterocycles. The third-order valence-electron chi connectivity index (χ3n) is 2.89. The van der Waals surface area contributed by atoms with E-state index >= 15 is 0 Å². The Morgan fingerprint density at radius 3 is 3.00 bits per heavy atom. The van der Waals surface area contributed by atoms with Gasteiger partial charge in [0.25, 0.3) is 0 Å². The van der Waals surface area contributed by atoms with Crippen LogP contribution in [0.1, 0.15) is 26.2 Å². The fraction of sp³-hybridized carbons (Fsp3) is 0.909. The molecule has 4 nitrogen and oxygen atoms in total. The summed E-state index contributed by atoms with van der Waals surface area (Å²) in [6.45, 7) is 4.57. The highest BCUT2D eigenvalue weighted by Crippen LogP contribution is 2.13. The molecule has 1 saturated heterocycles. The molecule has 4 heteroatoms. The van der Waals surface area contributed by atoms with Gasteiger partial charge in [-0.3, -0.25) is 4.79 Å². The molecule has 0 radical (unpaired) electrons. The summed E-state index contributed by atoms with van der Waals surface area (Å²) in [6.07, 6.45) is 3.74. The minimum Gasteiger partial charge on any atom is -0.372 e. The average Bonchev–Trinajstić information content (AvgIpc) is 2.25. The predicted octanol–water partition coefficient (Wildman–Crippen LogP) is 0.623. The fourth-order valence-electron chi connectivity index (χ4n) is 1.88. The van der Waals surface area contributed by atoms with Crippen molar-refractivity contribution < 1.29 is 9.53 Å². The second kappa shape index (κ2) is 6.80. The number of hydrogen-bond acceptors (Lipinski definition) is 3. The number of amides is 1. The van der Waals surface area contributed by atoms with Gasteiger partial charge in [-0.1, -0.05) is 6.42 Å². The van der Waals surface area contributed by atoms with E-state index in [0.717, 1.165) is 13.1 Å². The molecule has 0 aromatic carbocycles. The van der Waals surface area contributed by atoms with Gasteiger partial charge in [0.1, 0.15) is 6.61 Å². The van der Waals surface area contributed by atoms with Crippen LogP contribution >= 0.6 is 0 Å². The summed E-state index contributed by atoms with van der Waals surface area (Å²) < 4.78 is 5.04. The van der Waals surface area contributed by atoms with Crippen LogP contribution in [0.15, 0.2) is 0 Å². The number of nitrogens with one attached hydrogen (secondary N) is 1. The monoisotopic (exact) mass is 214 g/mol. The van der Waals surface area contributed by atoms with Crippen LogP contribution in [0.5, 0.6) is 0 Å². The molecular weight excluding hydrogens is 192 g/mol. The molecule has 1 atom stereocenters. The van der Waals surface area contributed by atoms with Gasteiger partial charge in [0, 0.05) is 19.2 Å². The zero-order valence-corrected chi connectivity index (χ0v) is 9.79. The van der Waals surface area contributed by atoms with Crippen molar-refractivity contribution in [1.29, 1.82) is 0 Å². The second-order valence-corrected chi connectivity index (χ2v) is 4.07. The van der Waals surface area contributed by atoms with Gasteiger partial charge in [0.2, 0.25) is 5.91 Å². The smallest absolute Gasteiger partial charge is 0.246 e. The number of ether oxygens (including phenoxy) is 1. The third-order valence-corrected chi connectivity index (χ3v) is 2.89. The number of carbonyl (C=O) groups excluding carboxylic acids is 1. The summed E-state index contributed by atoms with van der Waals surface area (Å²) in [5, 5.41) is 2.91. The largest absolute Gasteiger partial charge is 0.372 e. The number of likely N-dealkylation sites (N-methyl/N-ethyl adjacent to an activating group) is 1. The van der Waals surface area contributed by atoms with E-state index in [1.807, 2.05) is 6.92 Å². The lowest BCUT2D eigenvalue weighted by Crippen LogP contribution is -2.45. The first-order chi connectivity index (χ1) is 7.24. The molecule has 1 aliphatic rings. The van der Waals surface area contributed by atoms with Crippen molar-refractivity contribution in [3.63, 3.8) is 0 Å². The van der Waals surface area contributed by atoms with Crippen LogP contribution in [0, 0.1) is 0 Å². The van der Waals surface area contributed by atoms with Crippen LogP contribution in [0.2, 0.25) is 0 Å². The number of likely N-dealkylation sites (tertiary alicyclic amines) is 1. The molecule has 0 spiro atoms. The van der Waals surface area contributed by atoms with E-state index in [1.54, 1.807) is 0 Å². The molecule has 1 aliphatic heterocycles. The minimum absolute atomic E-state index is 0.00387. The van der Waals surface area contributed by atoms with E-state index in [-0.39, 0.29) is 12.5 Å². The highest BCUT2D eigenvalue weighted by molar-refractivity contribution is 5.77. The van der Waals surface area contributed by atoms with Crippen LogP contribution in [-0.4, -0.2) is 50.2 Å². The van der Waals surface area contributed by atoms with E-state index in [1.165, 1.54) is 19.3 Å².